The van der Waals surface area contributed by atoms with Gasteiger partial charge in [-0.1, -0.05) is 13.3 Å². The topological polar surface area (TPSA) is 26.3 Å². The summed E-state index contributed by atoms with van der Waals surface area (Å²) in [4.78, 5) is 11.7. The van der Waals surface area contributed by atoms with Gasteiger partial charge in [0.05, 0.1) is 6.10 Å². The highest BCUT2D eigenvalue weighted by atomic mass is 16.5. The van der Waals surface area contributed by atoms with Gasteiger partial charge in [0, 0.05) is 19.4 Å². The number of methoxy groups -OCH3 is 1. The summed E-state index contributed by atoms with van der Waals surface area (Å²) < 4.78 is 5.22. The average Bonchev–Trinajstić information content (AvgIpc) is 2.21. The molecule has 1 fully saturated rings. The van der Waals surface area contributed by atoms with E-state index in [0.717, 1.165) is 31.6 Å². The van der Waals surface area contributed by atoms with Gasteiger partial charge in [-0.3, -0.25) is 4.79 Å². The average molecular weight is 198 g/mol. The molecule has 1 saturated carbocycles. The first kappa shape index (κ1) is 11.7. The minimum atomic E-state index is 0.222. The van der Waals surface area contributed by atoms with Gasteiger partial charge in [0.15, 0.2) is 0 Å². The molecule has 0 aromatic carbocycles. The maximum absolute atomic E-state index is 11.7. The summed E-state index contributed by atoms with van der Waals surface area (Å²) in [5.74, 6) is 1.49. The Morgan fingerprint density at radius 2 is 2.29 bits per heavy atom. The molecular weight excluding hydrogens is 176 g/mol. The van der Waals surface area contributed by atoms with E-state index in [1.807, 2.05) is 6.92 Å². The fourth-order valence-electron chi connectivity index (χ4n) is 2.30. The second-order valence-electron chi connectivity index (χ2n) is 4.49. The number of hydrogen-bond donors (Lipinski definition) is 0. The molecule has 1 aliphatic carbocycles. The number of Topliss-reactive ketones (excluding diaryl/α,β-unsaturated/α-hetero) is 1. The third-order valence-electron chi connectivity index (χ3n) is 3.47. The summed E-state index contributed by atoms with van der Waals surface area (Å²) in [5.41, 5.74) is 0. The van der Waals surface area contributed by atoms with E-state index in [1.165, 1.54) is 6.42 Å². The number of carbonyl (C=O) groups is 1. The molecule has 3 atom stereocenters. The van der Waals surface area contributed by atoms with E-state index < -0.39 is 0 Å². The smallest absolute Gasteiger partial charge is 0.136 e. The highest BCUT2D eigenvalue weighted by molar-refractivity contribution is 5.81. The van der Waals surface area contributed by atoms with Crippen molar-refractivity contribution >= 4 is 5.78 Å². The first-order valence-electron chi connectivity index (χ1n) is 5.72. The van der Waals surface area contributed by atoms with Crippen LogP contribution < -0.4 is 0 Å². The third kappa shape index (κ3) is 3.09. The summed E-state index contributed by atoms with van der Waals surface area (Å²) in [6.07, 6.45) is 5.33. The predicted octanol–water partition coefficient (Wildman–Crippen LogP) is 2.81. The molecule has 1 rings (SSSR count). The lowest BCUT2D eigenvalue weighted by atomic mass is 9.77. The van der Waals surface area contributed by atoms with Gasteiger partial charge in [0.1, 0.15) is 5.78 Å². The van der Waals surface area contributed by atoms with Crippen molar-refractivity contribution < 1.29 is 9.53 Å². The Balaban J connectivity index is 2.44. The molecule has 0 saturated heterocycles. The lowest BCUT2D eigenvalue weighted by Gasteiger charge is -2.28. The van der Waals surface area contributed by atoms with Crippen molar-refractivity contribution in [1.82, 2.24) is 0 Å². The summed E-state index contributed by atoms with van der Waals surface area (Å²) in [6.45, 7) is 4.26. The molecular formula is C12H22O2. The first-order chi connectivity index (χ1) is 6.67. The van der Waals surface area contributed by atoms with Crippen molar-refractivity contribution in [3.05, 3.63) is 0 Å². The van der Waals surface area contributed by atoms with Gasteiger partial charge in [0.2, 0.25) is 0 Å². The largest absolute Gasteiger partial charge is 0.382 e. The van der Waals surface area contributed by atoms with E-state index in [1.54, 1.807) is 7.11 Å². The maximum Gasteiger partial charge on any atom is 0.136 e. The van der Waals surface area contributed by atoms with Crippen LogP contribution in [-0.2, 0) is 9.53 Å². The van der Waals surface area contributed by atoms with E-state index in [2.05, 4.69) is 6.92 Å². The van der Waals surface area contributed by atoms with Gasteiger partial charge in [0.25, 0.3) is 0 Å². The zero-order chi connectivity index (χ0) is 10.6. The molecule has 0 aromatic rings. The standard InChI is InChI=1S/C12H22O2/c1-4-10-5-6-12(13)11(8-10)7-9(2)14-3/h9-11H,4-8H2,1-3H3. The summed E-state index contributed by atoms with van der Waals surface area (Å²) in [7, 11) is 1.72. The van der Waals surface area contributed by atoms with Crippen molar-refractivity contribution in [3.63, 3.8) is 0 Å². The molecule has 2 nitrogen and oxygen atoms in total. The third-order valence-corrected chi connectivity index (χ3v) is 3.47. The Bertz CT molecular complexity index is 187. The second kappa shape index (κ2) is 5.50. The van der Waals surface area contributed by atoms with Crippen molar-refractivity contribution in [1.29, 1.82) is 0 Å². The minimum Gasteiger partial charge on any atom is -0.382 e. The van der Waals surface area contributed by atoms with Crippen molar-refractivity contribution in [2.45, 2.75) is 52.1 Å². The normalized spacial score (nSPS) is 30.4. The van der Waals surface area contributed by atoms with Gasteiger partial charge < -0.3 is 4.74 Å². The van der Waals surface area contributed by atoms with Crippen molar-refractivity contribution in [2.24, 2.45) is 11.8 Å². The molecule has 14 heavy (non-hydrogen) atoms. The molecule has 0 heterocycles. The summed E-state index contributed by atoms with van der Waals surface area (Å²) in [6, 6.07) is 0. The Morgan fingerprint density at radius 1 is 1.57 bits per heavy atom. The lowest BCUT2D eigenvalue weighted by Crippen LogP contribution is -2.27. The maximum atomic E-state index is 11.7. The zero-order valence-electron chi connectivity index (χ0n) is 9.58. The molecule has 1 aliphatic rings. The molecule has 0 spiro atoms. The highest BCUT2D eigenvalue weighted by Crippen LogP contribution is 2.31. The van der Waals surface area contributed by atoms with Crippen LogP contribution in [0, 0.1) is 11.8 Å². The van der Waals surface area contributed by atoms with Crippen LogP contribution in [0.5, 0.6) is 0 Å². The van der Waals surface area contributed by atoms with E-state index in [4.69, 9.17) is 4.74 Å². The molecule has 82 valence electrons. The predicted molar refractivity (Wildman–Crippen MR) is 57.2 cm³/mol. The van der Waals surface area contributed by atoms with Crippen LogP contribution in [0.15, 0.2) is 0 Å². The van der Waals surface area contributed by atoms with Crippen LogP contribution in [0.1, 0.15) is 46.0 Å². The van der Waals surface area contributed by atoms with Gasteiger partial charge in [-0.15, -0.1) is 0 Å². The van der Waals surface area contributed by atoms with Crippen LogP contribution in [0.2, 0.25) is 0 Å². The number of rotatable bonds is 4. The molecule has 0 amide bonds. The molecule has 0 radical (unpaired) electrons. The zero-order valence-corrected chi connectivity index (χ0v) is 9.58. The Kier molecular flexibility index (Phi) is 4.59. The van der Waals surface area contributed by atoms with Gasteiger partial charge in [-0.05, 0) is 32.1 Å². The molecule has 0 aliphatic heterocycles. The van der Waals surface area contributed by atoms with Crippen LogP contribution in [0.3, 0.4) is 0 Å². The number of hydrogen-bond acceptors (Lipinski definition) is 2. The molecule has 0 bridgehead atoms. The van der Waals surface area contributed by atoms with Crippen LogP contribution >= 0.6 is 0 Å². The van der Waals surface area contributed by atoms with Crippen LogP contribution in [0.25, 0.3) is 0 Å². The summed E-state index contributed by atoms with van der Waals surface area (Å²) in [5, 5.41) is 0. The molecule has 0 aromatic heterocycles. The molecule has 2 heteroatoms. The fraction of sp³-hybridized carbons (Fsp3) is 0.917. The SMILES string of the molecule is CCC1CCC(=O)C(CC(C)OC)C1. The second-order valence-corrected chi connectivity index (χ2v) is 4.49. The van der Waals surface area contributed by atoms with Crippen LogP contribution in [0.4, 0.5) is 0 Å². The van der Waals surface area contributed by atoms with E-state index in [0.29, 0.717) is 5.78 Å². The van der Waals surface area contributed by atoms with Gasteiger partial charge >= 0.3 is 0 Å². The number of ketones is 1. The molecule has 3 unspecified atom stereocenters. The van der Waals surface area contributed by atoms with Crippen molar-refractivity contribution in [3.8, 4) is 0 Å². The summed E-state index contributed by atoms with van der Waals surface area (Å²) >= 11 is 0. The van der Waals surface area contributed by atoms with Crippen LogP contribution in [-0.4, -0.2) is 19.0 Å². The van der Waals surface area contributed by atoms with Gasteiger partial charge in [-0.25, -0.2) is 0 Å². The fourth-order valence-corrected chi connectivity index (χ4v) is 2.30. The number of ether oxygens (including phenoxy) is 1. The Morgan fingerprint density at radius 3 is 2.86 bits per heavy atom. The molecule has 0 N–H and O–H groups in total. The minimum absolute atomic E-state index is 0.222. The Hall–Kier alpha value is -0.370. The quantitative estimate of drug-likeness (QED) is 0.694. The van der Waals surface area contributed by atoms with Crippen molar-refractivity contribution in [2.75, 3.05) is 7.11 Å². The van der Waals surface area contributed by atoms with E-state index >= 15 is 0 Å². The van der Waals surface area contributed by atoms with E-state index in [9.17, 15) is 4.79 Å². The first-order valence-corrected chi connectivity index (χ1v) is 5.72. The number of carbonyl (C=O) groups excluding carboxylic acids is 1. The van der Waals surface area contributed by atoms with E-state index in [-0.39, 0.29) is 12.0 Å². The monoisotopic (exact) mass is 198 g/mol. The highest BCUT2D eigenvalue weighted by Gasteiger charge is 2.28. The lowest BCUT2D eigenvalue weighted by molar-refractivity contribution is -0.126. The van der Waals surface area contributed by atoms with Gasteiger partial charge in [-0.2, -0.15) is 0 Å². The Labute approximate surface area is 87.0 Å².